The van der Waals surface area contributed by atoms with Crippen molar-refractivity contribution < 1.29 is 0 Å². The van der Waals surface area contributed by atoms with E-state index in [0.29, 0.717) is 17.8 Å². The van der Waals surface area contributed by atoms with Gasteiger partial charge in [0.15, 0.2) is 0 Å². The van der Waals surface area contributed by atoms with E-state index in [9.17, 15) is 0 Å². The number of hydrogen-bond acceptors (Lipinski definition) is 0. The summed E-state index contributed by atoms with van der Waals surface area (Å²) < 4.78 is 0. The fourth-order valence-electron chi connectivity index (χ4n) is 3.91. The van der Waals surface area contributed by atoms with Gasteiger partial charge < -0.3 is 0 Å². The zero-order valence-corrected chi connectivity index (χ0v) is 10.9. The summed E-state index contributed by atoms with van der Waals surface area (Å²) in [5.74, 6) is 2.44. The fourth-order valence-corrected chi connectivity index (χ4v) is 4.21. The second-order valence-corrected chi connectivity index (χ2v) is 5.75. The number of halogens is 1. The van der Waals surface area contributed by atoms with Gasteiger partial charge in [-0.1, -0.05) is 48.5 Å². The van der Waals surface area contributed by atoms with Gasteiger partial charge in [0, 0.05) is 17.7 Å². The van der Waals surface area contributed by atoms with Gasteiger partial charge in [-0.15, -0.1) is 11.6 Å². The van der Waals surface area contributed by atoms with Crippen LogP contribution in [0.5, 0.6) is 0 Å². The standard InChI is InChI=1S/C17H15Cl/c18-10-11-9-16-12-5-1-3-7-14(12)17(11)15-8-4-2-6-13(15)16/h1-8,11,16-17H,9-10H2. The van der Waals surface area contributed by atoms with Crippen LogP contribution in [0.1, 0.15) is 40.5 Å². The van der Waals surface area contributed by atoms with Crippen molar-refractivity contribution >= 4 is 11.6 Å². The molecule has 0 nitrogen and oxygen atoms in total. The first kappa shape index (κ1) is 10.6. The predicted octanol–water partition coefficient (Wildman–Crippen LogP) is 4.52. The molecule has 90 valence electrons. The van der Waals surface area contributed by atoms with Crippen LogP contribution in [0.25, 0.3) is 0 Å². The lowest BCUT2D eigenvalue weighted by molar-refractivity contribution is 0.389. The van der Waals surface area contributed by atoms with Crippen LogP contribution in [-0.4, -0.2) is 5.88 Å². The van der Waals surface area contributed by atoms with E-state index in [2.05, 4.69) is 48.5 Å². The molecule has 18 heavy (non-hydrogen) atoms. The van der Waals surface area contributed by atoms with Crippen molar-refractivity contribution in [1.82, 2.24) is 0 Å². The van der Waals surface area contributed by atoms with Crippen LogP contribution in [0, 0.1) is 5.92 Å². The molecule has 0 aliphatic heterocycles. The summed E-state index contributed by atoms with van der Waals surface area (Å²) in [7, 11) is 0. The third-order valence-electron chi connectivity index (χ3n) is 4.62. The average Bonchev–Trinajstić information content (AvgIpc) is 2.47. The maximum Gasteiger partial charge on any atom is 0.0261 e. The maximum atomic E-state index is 6.21. The summed E-state index contributed by atoms with van der Waals surface area (Å²) in [6, 6.07) is 17.8. The highest BCUT2D eigenvalue weighted by Gasteiger charge is 2.42. The normalized spacial score (nSPS) is 27.7. The Labute approximate surface area is 113 Å². The van der Waals surface area contributed by atoms with Crippen molar-refractivity contribution in [3.05, 3.63) is 70.8 Å². The van der Waals surface area contributed by atoms with Crippen LogP contribution in [0.3, 0.4) is 0 Å². The van der Waals surface area contributed by atoms with Gasteiger partial charge in [-0.2, -0.15) is 0 Å². The van der Waals surface area contributed by atoms with Crippen molar-refractivity contribution in [2.75, 3.05) is 5.88 Å². The number of rotatable bonds is 1. The second-order valence-electron chi connectivity index (χ2n) is 5.44. The fraction of sp³-hybridized carbons (Fsp3) is 0.294. The Balaban J connectivity index is 2.00. The Morgan fingerprint density at radius 1 is 0.833 bits per heavy atom. The van der Waals surface area contributed by atoms with Crippen LogP contribution in [0.4, 0.5) is 0 Å². The molecule has 0 amide bonds. The molecular formula is C17H15Cl. The molecule has 3 aliphatic carbocycles. The minimum absolute atomic E-state index is 0.514. The van der Waals surface area contributed by atoms with Crippen molar-refractivity contribution in [3.63, 3.8) is 0 Å². The molecule has 0 spiro atoms. The van der Waals surface area contributed by atoms with Crippen molar-refractivity contribution in [1.29, 1.82) is 0 Å². The largest absolute Gasteiger partial charge is 0.126 e. The first-order valence-electron chi connectivity index (χ1n) is 6.63. The van der Waals surface area contributed by atoms with Crippen LogP contribution < -0.4 is 0 Å². The molecule has 2 bridgehead atoms. The molecule has 0 heterocycles. The molecule has 0 N–H and O–H groups in total. The summed E-state index contributed by atoms with van der Waals surface area (Å²) in [6.07, 6.45) is 1.21. The Kier molecular flexibility index (Phi) is 2.28. The summed E-state index contributed by atoms with van der Waals surface area (Å²) >= 11 is 6.21. The molecule has 0 saturated heterocycles. The number of alkyl halides is 1. The summed E-state index contributed by atoms with van der Waals surface area (Å²) in [5.41, 5.74) is 6.08. The number of benzene rings is 2. The van der Waals surface area contributed by atoms with E-state index in [-0.39, 0.29) is 0 Å². The lowest BCUT2D eigenvalue weighted by Gasteiger charge is -2.45. The van der Waals surface area contributed by atoms with E-state index in [0.717, 1.165) is 5.88 Å². The maximum absolute atomic E-state index is 6.21. The van der Waals surface area contributed by atoms with Gasteiger partial charge in [-0.3, -0.25) is 0 Å². The topological polar surface area (TPSA) is 0 Å². The lowest BCUT2D eigenvalue weighted by atomic mass is 9.60. The van der Waals surface area contributed by atoms with Gasteiger partial charge in [0.1, 0.15) is 0 Å². The molecular weight excluding hydrogens is 240 g/mol. The van der Waals surface area contributed by atoms with E-state index in [4.69, 9.17) is 11.6 Å². The lowest BCUT2D eigenvalue weighted by Crippen LogP contribution is -2.32. The molecule has 1 atom stereocenters. The SMILES string of the molecule is ClCC1CC2c3ccccc3C1c1ccccc12. The molecule has 1 heteroatoms. The molecule has 0 aromatic heterocycles. The van der Waals surface area contributed by atoms with Gasteiger partial charge in [0.05, 0.1) is 0 Å². The van der Waals surface area contributed by atoms with E-state index in [1.165, 1.54) is 28.7 Å². The molecule has 0 radical (unpaired) electrons. The van der Waals surface area contributed by atoms with E-state index in [1.807, 2.05) is 0 Å². The Bertz CT molecular complexity index is 555. The summed E-state index contributed by atoms with van der Waals surface area (Å²) in [6.45, 7) is 0. The zero-order valence-electron chi connectivity index (χ0n) is 10.1. The highest BCUT2D eigenvalue weighted by molar-refractivity contribution is 6.18. The minimum Gasteiger partial charge on any atom is -0.126 e. The molecule has 0 fully saturated rings. The van der Waals surface area contributed by atoms with Crippen molar-refractivity contribution in [2.45, 2.75) is 18.3 Å². The van der Waals surface area contributed by atoms with Gasteiger partial charge in [0.2, 0.25) is 0 Å². The predicted molar refractivity (Wildman–Crippen MR) is 75.4 cm³/mol. The third-order valence-corrected chi connectivity index (χ3v) is 5.02. The number of hydrogen-bond donors (Lipinski definition) is 0. The van der Waals surface area contributed by atoms with E-state index >= 15 is 0 Å². The minimum atomic E-state index is 0.514. The van der Waals surface area contributed by atoms with Crippen LogP contribution >= 0.6 is 11.6 Å². The van der Waals surface area contributed by atoms with Gasteiger partial charge >= 0.3 is 0 Å². The quantitative estimate of drug-likeness (QED) is 0.657. The molecule has 2 aromatic rings. The molecule has 0 saturated carbocycles. The Morgan fingerprint density at radius 2 is 1.33 bits per heavy atom. The van der Waals surface area contributed by atoms with Crippen LogP contribution in [-0.2, 0) is 0 Å². The smallest absolute Gasteiger partial charge is 0.0261 e. The van der Waals surface area contributed by atoms with E-state index in [1.54, 1.807) is 0 Å². The first-order valence-corrected chi connectivity index (χ1v) is 7.17. The highest BCUT2D eigenvalue weighted by Crippen LogP contribution is 2.55. The first-order chi connectivity index (χ1) is 8.90. The average molecular weight is 255 g/mol. The molecule has 2 aromatic carbocycles. The van der Waals surface area contributed by atoms with Gasteiger partial charge in [-0.25, -0.2) is 0 Å². The van der Waals surface area contributed by atoms with Crippen LogP contribution in [0.2, 0.25) is 0 Å². The van der Waals surface area contributed by atoms with Crippen molar-refractivity contribution in [2.24, 2.45) is 5.92 Å². The Morgan fingerprint density at radius 3 is 1.83 bits per heavy atom. The molecule has 3 aliphatic rings. The second kappa shape index (κ2) is 3.86. The summed E-state index contributed by atoms with van der Waals surface area (Å²) in [4.78, 5) is 0. The van der Waals surface area contributed by atoms with E-state index < -0.39 is 0 Å². The number of fused-ring (bicyclic) bond motifs is 1. The van der Waals surface area contributed by atoms with Gasteiger partial charge in [-0.05, 0) is 34.6 Å². The van der Waals surface area contributed by atoms with Crippen LogP contribution in [0.15, 0.2) is 48.5 Å². The Hall–Kier alpha value is -1.27. The molecule has 5 rings (SSSR count). The van der Waals surface area contributed by atoms with Gasteiger partial charge in [0.25, 0.3) is 0 Å². The zero-order chi connectivity index (χ0) is 12.1. The highest BCUT2D eigenvalue weighted by atomic mass is 35.5. The monoisotopic (exact) mass is 254 g/mol. The third kappa shape index (κ3) is 1.27. The van der Waals surface area contributed by atoms with Crippen molar-refractivity contribution in [3.8, 4) is 0 Å². The molecule has 1 unspecified atom stereocenters. The summed E-state index contributed by atoms with van der Waals surface area (Å²) in [5, 5.41) is 0.